The molecular weight excluding hydrogens is 290 g/mol. The van der Waals surface area contributed by atoms with E-state index in [9.17, 15) is 4.79 Å². The van der Waals surface area contributed by atoms with Crippen LogP contribution in [-0.2, 0) is 11.3 Å². The third-order valence-electron chi connectivity index (χ3n) is 3.50. The van der Waals surface area contributed by atoms with Gasteiger partial charge in [-0.15, -0.1) is 0 Å². The summed E-state index contributed by atoms with van der Waals surface area (Å²) in [5.41, 5.74) is 3.09. The molecule has 0 aliphatic heterocycles. The topological polar surface area (TPSA) is 89.9 Å². The number of aromatic nitrogens is 1. The number of amides is 1. The molecule has 6 nitrogen and oxygen atoms in total. The first-order chi connectivity index (χ1) is 11.0. The number of hydrogen-bond acceptors (Lipinski definition) is 5. The fourth-order valence-electron chi connectivity index (χ4n) is 1.91. The molecule has 0 saturated carbocycles. The number of carbonyl (C=O) groups excluding carboxylic acids is 1. The molecule has 6 heteroatoms. The molecule has 0 unspecified atom stereocenters. The minimum Gasteiger partial charge on any atom is -0.383 e. The van der Waals surface area contributed by atoms with E-state index < -0.39 is 0 Å². The zero-order valence-corrected chi connectivity index (χ0v) is 14.2. The standard InChI is InChI=1S/C17H25N5O/c1-5-12(2)16(21-11-14-6-8-20-9-7-14)22-17(23)15(19-4)13(3)10-18/h6-10,18-19,21H,5,11H2,1-4H3,(H,22,23)/b15-13-,16-12-,18-10?. The van der Waals surface area contributed by atoms with Gasteiger partial charge in [0, 0.05) is 32.2 Å². The number of nitrogens with zero attached hydrogens (tertiary/aromatic N) is 1. The molecular formula is C17H25N5O. The van der Waals surface area contributed by atoms with Gasteiger partial charge in [-0.2, -0.15) is 0 Å². The van der Waals surface area contributed by atoms with Crippen molar-refractivity contribution in [2.45, 2.75) is 33.7 Å². The van der Waals surface area contributed by atoms with Crippen molar-refractivity contribution >= 4 is 12.1 Å². The smallest absolute Gasteiger partial charge is 0.273 e. The number of pyridine rings is 1. The van der Waals surface area contributed by atoms with E-state index in [1.54, 1.807) is 26.4 Å². The zero-order chi connectivity index (χ0) is 17.2. The Morgan fingerprint density at radius 3 is 2.48 bits per heavy atom. The van der Waals surface area contributed by atoms with Gasteiger partial charge in [0.2, 0.25) is 0 Å². The average Bonchev–Trinajstić information content (AvgIpc) is 2.59. The monoisotopic (exact) mass is 315 g/mol. The van der Waals surface area contributed by atoms with Crippen LogP contribution in [0.2, 0.25) is 0 Å². The van der Waals surface area contributed by atoms with Crippen molar-refractivity contribution in [3.63, 3.8) is 0 Å². The Morgan fingerprint density at radius 2 is 1.96 bits per heavy atom. The summed E-state index contributed by atoms with van der Waals surface area (Å²) in [7, 11) is 1.67. The Morgan fingerprint density at radius 1 is 1.30 bits per heavy atom. The molecule has 0 aliphatic rings. The molecule has 0 aromatic carbocycles. The van der Waals surface area contributed by atoms with Crippen molar-refractivity contribution < 1.29 is 4.79 Å². The summed E-state index contributed by atoms with van der Waals surface area (Å²) in [6.07, 6.45) is 5.45. The van der Waals surface area contributed by atoms with E-state index in [-0.39, 0.29) is 5.91 Å². The zero-order valence-electron chi connectivity index (χ0n) is 14.2. The number of nitrogens with one attached hydrogen (secondary N) is 4. The van der Waals surface area contributed by atoms with Crippen LogP contribution in [0.4, 0.5) is 0 Å². The molecule has 0 bridgehead atoms. The van der Waals surface area contributed by atoms with Gasteiger partial charge in [0.25, 0.3) is 5.91 Å². The molecule has 23 heavy (non-hydrogen) atoms. The maximum Gasteiger partial charge on any atom is 0.273 e. The van der Waals surface area contributed by atoms with Gasteiger partial charge in [-0.3, -0.25) is 9.78 Å². The third-order valence-corrected chi connectivity index (χ3v) is 3.50. The first-order valence-corrected chi connectivity index (χ1v) is 7.56. The summed E-state index contributed by atoms with van der Waals surface area (Å²) in [5, 5.41) is 16.3. The predicted octanol–water partition coefficient (Wildman–Crippen LogP) is 2.07. The normalized spacial score (nSPS) is 12.7. The Balaban J connectivity index is 2.88. The molecule has 0 saturated heterocycles. The highest BCUT2D eigenvalue weighted by Crippen LogP contribution is 2.06. The molecule has 1 rings (SSSR count). The summed E-state index contributed by atoms with van der Waals surface area (Å²) in [6.45, 7) is 6.32. The summed E-state index contributed by atoms with van der Waals surface area (Å²) in [4.78, 5) is 16.4. The first kappa shape index (κ1) is 18.4. The highest BCUT2D eigenvalue weighted by Gasteiger charge is 2.13. The molecule has 0 aliphatic carbocycles. The van der Waals surface area contributed by atoms with Crippen LogP contribution in [0.1, 0.15) is 32.8 Å². The van der Waals surface area contributed by atoms with Crippen LogP contribution in [0.3, 0.4) is 0 Å². The fourth-order valence-corrected chi connectivity index (χ4v) is 1.91. The number of rotatable bonds is 8. The first-order valence-electron chi connectivity index (χ1n) is 7.56. The van der Waals surface area contributed by atoms with Gasteiger partial charge < -0.3 is 21.4 Å². The lowest BCUT2D eigenvalue weighted by molar-refractivity contribution is -0.117. The van der Waals surface area contributed by atoms with Crippen molar-refractivity contribution in [3.8, 4) is 0 Å². The number of carbonyl (C=O) groups is 1. The van der Waals surface area contributed by atoms with E-state index in [2.05, 4.69) is 20.9 Å². The van der Waals surface area contributed by atoms with Crippen LogP contribution in [0.15, 0.2) is 47.2 Å². The molecule has 4 N–H and O–H groups in total. The second-order valence-corrected chi connectivity index (χ2v) is 5.12. The van der Waals surface area contributed by atoms with Gasteiger partial charge in [0.15, 0.2) is 0 Å². The van der Waals surface area contributed by atoms with Gasteiger partial charge in [-0.1, -0.05) is 6.92 Å². The van der Waals surface area contributed by atoms with E-state index in [4.69, 9.17) is 5.41 Å². The quantitative estimate of drug-likeness (QED) is 0.437. The lowest BCUT2D eigenvalue weighted by Gasteiger charge is -2.17. The molecule has 0 atom stereocenters. The van der Waals surface area contributed by atoms with Crippen LogP contribution < -0.4 is 16.0 Å². The van der Waals surface area contributed by atoms with Crippen LogP contribution in [0, 0.1) is 5.41 Å². The average molecular weight is 315 g/mol. The number of hydrogen-bond donors (Lipinski definition) is 4. The van der Waals surface area contributed by atoms with Crippen LogP contribution >= 0.6 is 0 Å². The number of allylic oxidation sites excluding steroid dienone is 2. The second-order valence-electron chi connectivity index (χ2n) is 5.12. The van der Waals surface area contributed by atoms with Gasteiger partial charge in [-0.25, -0.2) is 0 Å². The van der Waals surface area contributed by atoms with Gasteiger partial charge in [-0.05, 0) is 49.1 Å². The molecule has 1 heterocycles. The molecule has 0 radical (unpaired) electrons. The third kappa shape index (κ3) is 5.58. The maximum atomic E-state index is 12.4. The summed E-state index contributed by atoms with van der Waals surface area (Å²) >= 11 is 0. The Hall–Kier alpha value is -2.63. The fraction of sp³-hybridized carbons (Fsp3) is 0.353. The lowest BCUT2D eigenvalue weighted by Crippen LogP contribution is -2.36. The van der Waals surface area contributed by atoms with E-state index in [0.29, 0.717) is 23.6 Å². The van der Waals surface area contributed by atoms with Crippen LogP contribution in [0.25, 0.3) is 0 Å². The summed E-state index contributed by atoms with van der Waals surface area (Å²) in [5.74, 6) is 0.429. The van der Waals surface area contributed by atoms with E-state index >= 15 is 0 Å². The van der Waals surface area contributed by atoms with E-state index in [1.807, 2.05) is 26.0 Å². The SMILES string of the molecule is CC/C(C)=C(/NCc1ccncc1)NC(=O)/C(NC)=C(\C)C=N. The Bertz CT molecular complexity index is 605. The molecule has 124 valence electrons. The van der Waals surface area contributed by atoms with E-state index in [1.165, 1.54) is 0 Å². The molecule has 0 fully saturated rings. The van der Waals surface area contributed by atoms with Crippen LogP contribution in [-0.4, -0.2) is 24.2 Å². The number of likely N-dealkylation sites (N-methyl/N-ethyl adjacent to an activating group) is 1. The maximum absolute atomic E-state index is 12.4. The lowest BCUT2D eigenvalue weighted by atomic mass is 10.2. The Labute approximate surface area is 137 Å². The second kappa shape index (κ2) is 9.40. The van der Waals surface area contributed by atoms with Crippen molar-refractivity contribution in [1.29, 1.82) is 5.41 Å². The Kier molecular flexibility index (Phi) is 7.53. The van der Waals surface area contributed by atoms with Crippen molar-refractivity contribution in [1.82, 2.24) is 20.9 Å². The van der Waals surface area contributed by atoms with Crippen molar-refractivity contribution in [2.24, 2.45) is 0 Å². The van der Waals surface area contributed by atoms with E-state index in [0.717, 1.165) is 23.8 Å². The van der Waals surface area contributed by atoms with Crippen molar-refractivity contribution in [3.05, 3.63) is 52.8 Å². The molecule has 1 aromatic rings. The molecule has 0 spiro atoms. The predicted molar refractivity (Wildman–Crippen MR) is 92.8 cm³/mol. The molecule has 1 aromatic heterocycles. The minimum absolute atomic E-state index is 0.265. The molecule has 1 amide bonds. The van der Waals surface area contributed by atoms with Gasteiger partial charge >= 0.3 is 0 Å². The largest absolute Gasteiger partial charge is 0.383 e. The highest BCUT2D eigenvalue weighted by atomic mass is 16.2. The van der Waals surface area contributed by atoms with Crippen LogP contribution in [0.5, 0.6) is 0 Å². The van der Waals surface area contributed by atoms with Gasteiger partial charge in [0.05, 0.1) is 0 Å². The minimum atomic E-state index is -0.265. The summed E-state index contributed by atoms with van der Waals surface area (Å²) < 4.78 is 0. The van der Waals surface area contributed by atoms with Crippen molar-refractivity contribution in [2.75, 3.05) is 7.05 Å². The highest BCUT2D eigenvalue weighted by molar-refractivity contribution is 5.99. The summed E-state index contributed by atoms with van der Waals surface area (Å²) in [6, 6.07) is 3.84. The van der Waals surface area contributed by atoms with Gasteiger partial charge in [0.1, 0.15) is 11.5 Å².